The maximum atomic E-state index is 8.80. The number of fused-ring (bicyclic) bond motifs is 2. The van der Waals surface area contributed by atoms with Gasteiger partial charge in [0.25, 0.3) is 0 Å². The van der Waals surface area contributed by atoms with Crippen molar-refractivity contribution in [2.75, 3.05) is 18.1 Å². The summed E-state index contributed by atoms with van der Waals surface area (Å²) in [5.74, 6) is 0. The second-order valence-electron chi connectivity index (χ2n) is 6.74. The molecule has 1 aliphatic rings. The van der Waals surface area contributed by atoms with Crippen LogP contribution in [0.1, 0.15) is 51.4 Å². The molecular weight excluding hydrogens is 326 g/mol. The van der Waals surface area contributed by atoms with Gasteiger partial charge in [-0.15, -0.1) is 0 Å². The van der Waals surface area contributed by atoms with Crippen LogP contribution in [-0.4, -0.2) is 18.3 Å². The highest BCUT2D eigenvalue weighted by molar-refractivity contribution is 7.99. The van der Waals surface area contributed by atoms with Crippen molar-refractivity contribution in [3.63, 3.8) is 0 Å². The van der Waals surface area contributed by atoms with Crippen LogP contribution in [0.15, 0.2) is 58.3 Å². The summed E-state index contributed by atoms with van der Waals surface area (Å²) in [7, 11) is 0. The van der Waals surface area contributed by atoms with Crippen LogP contribution < -0.4 is 4.90 Å². The van der Waals surface area contributed by atoms with Crippen molar-refractivity contribution in [3.05, 3.63) is 48.5 Å². The quantitative estimate of drug-likeness (QED) is 0.499. The van der Waals surface area contributed by atoms with Crippen LogP contribution in [0.4, 0.5) is 11.4 Å². The molecule has 0 unspecified atom stereocenters. The number of para-hydroxylation sites is 2. The first-order valence-corrected chi connectivity index (χ1v) is 10.5. The molecule has 2 aromatic rings. The molecule has 0 aromatic heterocycles. The van der Waals surface area contributed by atoms with E-state index in [1.165, 1.54) is 66.1 Å². The van der Waals surface area contributed by atoms with Crippen molar-refractivity contribution in [3.8, 4) is 0 Å². The van der Waals surface area contributed by atoms with Crippen molar-refractivity contribution in [1.29, 1.82) is 0 Å². The number of hydrogen-bond donors (Lipinski definition) is 1. The first kappa shape index (κ1) is 18.3. The van der Waals surface area contributed by atoms with Gasteiger partial charge in [-0.1, -0.05) is 74.6 Å². The van der Waals surface area contributed by atoms with Crippen LogP contribution in [0, 0.1) is 0 Å². The number of anilines is 2. The summed E-state index contributed by atoms with van der Waals surface area (Å²) in [5.41, 5.74) is 2.71. The summed E-state index contributed by atoms with van der Waals surface area (Å²) >= 11 is 1.88. The monoisotopic (exact) mass is 355 g/mol. The molecule has 1 N–H and O–H groups in total. The maximum Gasteiger partial charge on any atom is 0.0552 e. The number of benzene rings is 2. The van der Waals surface area contributed by atoms with E-state index in [9.17, 15) is 0 Å². The van der Waals surface area contributed by atoms with Crippen LogP contribution >= 0.6 is 11.8 Å². The molecule has 1 heterocycles. The van der Waals surface area contributed by atoms with Gasteiger partial charge in [0.05, 0.1) is 11.4 Å². The molecule has 1 aliphatic heterocycles. The Balaban J connectivity index is 1.49. The first-order valence-electron chi connectivity index (χ1n) is 9.64. The molecule has 3 heteroatoms. The van der Waals surface area contributed by atoms with Gasteiger partial charge >= 0.3 is 0 Å². The minimum atomic E-state index is 0.344. The predicted octanol–water partition coefficient (Wildman–Crippen LogP) is 6.40. The maximum absolute atomic E-state index is 8.80. The minimum absolute atomic E-state index is 0.344. The summed E-state index contributed by atoms with van der Waals surface area (Å²) in [6.07, 6.45) is 9.91. The smallest absolute Gasteiger partial charge is 0.0552 e. The summed E-state index contributed by atoms with van der Waals surface area (Å²) in [6.45, 7) is 1.44. The van der Waals surface area contributed by atoms with E-state index in [1.54, 1.807) is 0 Å². The Morgan fingerprint density at radius 1 is 0.640 bits per heavy atom. The van der Waals surface area contributed by atoms with Gasteiger partial charge < -0.3 is 10.0 Å². The van der Waals surface area contributed by atoms with E-state index in [2.05, 4.69) is 53.4 Å². The van der Waals surface area contributed by atoms with Crippen molar-refractivity contribution >= 4 is 23.1 Å². The average molecular weight is 356 g/mol. The molecule has 0 saturated heterocycles. The molecule has 0 aliphatic carbocycles. The Labute approximate surface area is 156 Å². The zero-order valence-electron chi connectivity index (χ0n) is 15.0. The fourth-order valence-electron chi connectivity index (χ4n) is 3.46. The Morgan fingerprint density at radius 2 is 1.12 bits per heavy atom. The van der Waals surface area contributed by atoms with Gasteiger partial charge in [-0.2, -0.15) is 0 Å². The van der Waals surface area contributed by atoms with E-state index in [0.29, 0.717) is 6.61 Å². The molecule has 2 aromatic carbocycles. The van der Waals surface area contributed by atoms with Crippen molar-refractivity contribution < 1.29 is 5.11 Å². The molecule has 0 atom stereocenters. The van der Waals surface area contributed by atoms with E-state index in [1.807, 2.05) is 11.8 Å². The molecule has 25 heavy (non-hydrogen) atoms. The lowest BCUT2D eigenvalue weighted by Gasteiger charge is -2.32. The topological polar surface area (TPSA) is 23.5 Å². The Morgan fingerprint density at radius 3 is 1.68 bits per heavy atom. The van der Waals surface area contributed by atoms with Gasteiger partial charge in [0, 0.05) is 22.9 Å². The number of aliphatic hydroxyl groups excluding tert-OH is 1. The molecule has 0 fully saturated rings. The third-order valence-electron chi connectivity index (χ3n) is 4.82. The molecule has 0 saturated carbocycles. The molecule has 134 valence electrons. The molecule has 0 radical (unpaired) electrons. The lowest BCUT2D eigenvalue weighted by Crippen LogP contribution is -2.21. The standard InChI is InChI=1S/C22H29NOS/c24-18-12-6-4-2-1-3-5-11-17-23-19-13-7-9-15-21(19)25-22-16-10-8-14-20(22)23/h7-10,13-16,24H,1-6,11-12,17-18H2. The van der Waals surface area contributed by atoms with Gasteiger partial charge in [0.15, 0.2) is 0 Å². The van der Waals surface area contributed by atoms with E-state index in [0.717, 1.165) is 13.0 Å². The SMILES string of the molecule is OCCCCCCCCCCN1c2ccccc2Sc2ccccc21. The first-order chi connectivity index (χ1) is 12.4. The van der Waals surface area contributed by atoms with E-state index < -0.39 is 0 Å². The molecule has 0 bridgehead atoms. The normalized spacial score (nSPS) is 12.8. The lowest BCUT2D eigenvalue weighted by molar-refractivity contribution is 0.282. The number of unbranched alkanes of at least 4 members (excludes halogenated alkanes) is 7. The Bertz CT molecular complexity index is 612. The molecule has 0 amide bonds. The van der Waals surface area contributed by atoms with Gasteiger partial charge in [-0.05, 0) is 37.1 Å². The highest BCUT2D eigenvalue weighted by atomic mass is 32.2. The number of nitrogens with zero attached hydrogens (tertiary/aromatic N) is 1. The zero-order chi connectivity index (χ0) is 17.3. The third-order valence-corrected chi connectivity index (χ3v) is 5.95. The lowest BCUT2D eigenvalue weighted by atomic mass is 10.1. The molecule has 3 rings (SSSR count). The minimum Gasteiger partial charge on any atom is -0.396 e. The number of hydrogen-bond acceptors (Lipinski definition) is 3. The number of rotatable bonds is 10. The summed E-state index contributed by atoms with van der Waals surface area (Å²) in [5, 5.41) is 8.80. The molecular formula is C22H29NOS. The number of aliphatic hydroxyl groups is 1. The highest BCUT2D eigenvalue weighted by Crippen LogP contribution is 2.47. The van der Waals surface area contributed by atoms with Crippen LogP contribution in [-0.2, 0) is 0 Å². The summed E-state index contributed by atoms with van der Waals surface area (Å²) in [4.78, 5) is 5.23. The second kappa shape index (κ2) is 9.88. The van der Waals surface area contributed by atoms with E-state index in [4.69, 9.17) is 5.11 Å². The largest absolute Gasteiger partial charge is 0.396 e. The van der Waals surface area contributed by atoms with Crippen molar-refractivity contribution in [2.45, 2.75) is 61.2 Å². The highest BCUT2D eigenvalue weighted by Gasteiger charge is 2.21. The fourth-order valence-corrected chi connectivity index (χ4v) is 4.56. The fraction of sp³-hybridized carbons (Fsp3) is 0.455. The van der Waals surface area contributed by atoms with Gasteiger partial charge in [-0.25, -0.2) is 0 Å². The summed E-state index contributed by atoms with van der Waals surface area (Å²) < 4.78 is 0. The van der Waals surface area contributed by atoms with Crippen molar-refractivity contribution in [2.24, 2.45) is 0 Å². The van der Waals surface area contributed by atoms with Gasteiger partial charge in [0.1, 0.15) is 0 Å². The Kier molecular flexibility index (Phi) is 7.25. The Hall–Kier alpha value is -1.45. The average Bonchev–Trinajstić information content (AvgIpc) is 2.66. The van der Waals surface area contributed by atoms with Gasteiger partial charge in [-0.3, -0.25) is 0 Å². The van der Waals surface area contributed by atoms with Gasteiger partial charge in [0.2, 0.25) is 0 Å². The van der Waals surface area contributed by atoms with Crippen LogP contribution in [0.25, 0.3) is 0 Å². The third kappa shape index (κ3) is 5.02. The van der Waals surface area contributed by atoms with Crippen LogP contribution in [0.2, 0.25) is 0 Å². The summed E-state index contributed by atoms with van der Waals surface area (Å²) in [6, 6.07) is 17.5. The second-order valence-corrected chi connectivity index (χ2v) is 7.82. The zero-order valence-corrected chi connectivity index (χ0v) is 15.8. The van der Waals surface area contributed by atoms with E-state index >= 15 is 0 Å². The predicted molar refractivity (Wildman–Crippen MR) is 108 cm³/mol. The van der Waals surface area contributed by atoms with Crippen LogP contribution in [0.3, 0.4) is 0 Å². The van der Waals surface area contributed by atoms with Crippen LogP contribution in [0.5, 0.6) is 0 Å². The van der Waals surface area contributed by atoms with E-state index in [-0.39, 0.29) is 0 Å². The molecule has 0 spiro atoms. The van der Waals surface area contributed by atoms with Crippen molar-refractivity contribution in [1.82, 2.24) is 0 Å². The molecule has 2 nitrogen and oxygen atoms in total.